The molecule has 2 N–H and O–H groups in total. The maximum Gasteiger partial charge on any atom is 0.300 e. The van der Waals surface area contributed by atoms with E-state index in [1.807, 2.05) is 0 Å². The fourth-order valence-electron chi connectivity index (χ4n) is 3.51. The van der Waals surface area contributed by atoms with Crippen LogP contribution in [-0.2, 0) is 9.59 Å². The summed E-state index contributed by atoms with van der Waals surface area (Å²) >= 11 is 6.00. The fraction of sp³-hybridized carbons (Fsp3) is 0.0435. The molecule has 1 unspecified atom stereocenters. The number of amides is 1. The van der Waals surface area contributed by atoms with E-state index in [0.29, 0.717) is 0 Å². The van der Waals surface area contributed by atoms with Crippen molar-refractivity contribution in [1.82, 2.24) is 0 Å². The molecule has 1 amide bonds. The Labute approximate surface area is 184 Å². The number of nitrogens with zero attached hydrogens (tertiary/aromatic N) is 1. The maximum atomic E-state index is 13.9. The van der Waals surface area contributed by atoms with Gasteiger partial charge in [-0.1, -0.05) is 17.7 Å². The van der Waals surface area contributed by atoms with Gasteiger partial charge in [0.25, 0.3) is 11.7 Å². The largest absolute Gasteiger partial charge is 0.507 e. The van der Waals surface area contributed by atoms with Crippen LogP contribution >= 0.6 is 11.6 Å². The van der Waals surface area contributed by atoms with Gasteiger partial charge in [0.15, 0.2) is 11.6 Å². The SMILES string of the molecule is O=C1C(=O)N(c2ccc(F)c(F)c2)C(c2ccc(O)c(Cl)c2)/C1=C(\O)c1ccc(F)cc1. The number of ketones is 1. The number of phenols is 1. The van der Waals surface area contributed by atoms with Crippen molar-refractivity contribution < 1.29 is 33.0 Å². The van der Waals surface area contributed by atoms with E-state index >= 15 is 0 Å². The Morgan fingerprint density at radius 2 is 1.59 bits per heavy atom. The summed E-state index contributed by atoms with van der Waals surface area (Å²) < 4.78 is 40.7. The van der Waals surface area contributed by atoms with Crippen LogP contribution in [0.25, 0.3) is 5.76 Å². The van der Waals surface area contributed by atoms with Crippen molar-refractivity contribution in [3.8, 4) is 5.75 Å². The lowest BCUT2D eigenvalue weighted by atomic mass is 9.95. The molecular weight excluding hydrogens is 447 g/mol. The van der Waals surface area contributed by atoms with E-state index in [9.17, 15) is 33.0 Å². The highest BCUT2D eigenvalue weighted by atomic mass is 35.5. The maximum absolute atomic E-state index is 13.9. The van der Waals surface area contributed by atoms with Crippen LogP contribution in [0.15, 0.2) is 66.2 Å². The van der Waals surface area contributed by atoms with E-state index in [-0.39, 0.29) is 33.2 Å². The van der Waals surface area contributed by atoms with Gasteiger partial charge in [-0.3, -0.25) is 14.5 Å². The number of phenolic OH excluding ortho intramolecular Hbond substituents is 1. The number of rotatable bonds is 3. The number of anilines is 1. The lowest BCUT2D eigenvalue weighted by Gasteiger charge is -2.25. The first-order chi connectivity index (χ1) is 15.2. The Hall–Kier alpha value is -3.78. The zero-order chi connectivity index (χ0) is 23.2. The number of hydrogen-bond acceptors (Lipinski definition) is 4. The third-order valence-corrected chi connectivity index (χ3v) is 5.33. The molecule has 1 saturated heterocycles. The van der Waals surface area contributed by atoms with Gasteiger partial charge in [-0.25, -0.2) is 13.2 Å². The zero-order valence-corrected chi connectivity index (χ0v) is 16.8. The van der Waals surface area contributed by atoms with E-state index in [1.54, 1.807) is 0 Å². The van der Waals surface area contributed by atoms with Crippen molar-refractivity contribution in [2.75, 3.05) is 4.90 Å². The summed E-state index contributed by atoms with van der Waals surface area (Å²) in [4.78, 5) is 26.7. The highest BCUT2D eigenvalue weighted by Gasteiger charge is 2.47. The van der Waals surface area contributed by atoms with Crippen molar-refractivity contribution >= 4 is 34.7 Å². The fourth-order valence-corrected chi connectivity index (χ4v) is 3.69. The van der Waals surface area contributed by atoms with Crippen molar-refractivity contribution in [3.05, 3.63) is 99.8 Å². The normalized spacial score (nSPS) is 17.8. The van der Waals surface area contributed by atoms with Crippen molar-refractivity contribution in [1.29, 1.82) is 0 Å². The van der Waals surface area contributed by atoms with E-state index in [1.165, 1.54) is 30.3 Å². The summed E-state index contributed by atoms with van der Waals surface area (Å²) in [5.41, 5.74) is -0.239. The second-order valence-electron chi connectivity index (χ2n) is 6.99. The molecule has 1 heterocycles. The van der Waals surface area contributed by atoms with Gasteiger partial charge in [0.05, 0.1) is 16.6 Å². The second kappa shape index (κ2) is 8.05. The number of benzene rings is 3. The molecule has 0 aromatic heterocycles. The van der Waals surface area contributed by atoms with Crippen LogP contribution in [0.3, 0.4) is 0 Å². The molecule has 32 heavy (non-hydrogen) atoms. The van der Waals surface area contributed by atoms with Crippen LogP contribution in [0.2, 0.25) is 5.02 Å². The molecule has 1 aliphatic heterocycles. The smallest absolute Gasteiger partial charge is 0.300 e. The topological polar surface area (TPSA) is 77.8 Å². The van der Waals surface area contributed by atoms with Crippen LogP contribution in [0, 0.1) is 17.5 Å². The summed E-state index contributed by atoms with van der Waals surface area (Å²) in [5, 5.41) is 20.5. The van der Waals surface area contributed by atoms with Gasteiger partial charge >= 0.3 is 0 Å². The summed E-state index contributed by atoms with van der Waals surface area (Å²) in [6.45, 7) is 0. The first-order valence-corrected chi connectivity index (χ1v) is 9.57. The summed E-state index contributed by atoms with van der Waals surface area (Å²) in [7, 11) is 0. The van der Waals surface area contributed by atoms with Crippen LogP contribution in [0.1, 0.15) is 17.2 Å². The Balaban J connectivity index is 1.97. The number of aromatic hydroxyl groups is 1. The summed E-state index contributed by atoms with van der Waals surface area (Å²) in [6.07, 6.45) is 0. The molecule has 3 aromatic carbocycles. The Kier molecular flexibility index (Phi) is 5.40. The van der Waals surface area contributed by atoms with Crippen molar-refractivity contribution in [2.45, 2.75) is 6.04 Å². The Morgan fingerprint density at radius 1 is 0.906 bits per heavy atom. The highest BCUT2D eigenvalue weighted by molar-refractivity contribution is 6.51. The molecule has 1 aliphatic rings. The van der Waals surface area contributed by atoms with Gasteiger partial charge in [0, 0.05) is 17.3 Å². The molecular formula is C23H13ClF3NO4. The molecule has 9 heteroatoms. The summed E-state index contributed by atoms with van der Waals surface area (Å²) in [5.74, 6) is -6.03. The van der Waals surface area contributed by atoms with Gasteiger partial charge in [-0.2, -0.15) is 0 Å². The van der Waals surface area contributed by atoms with Crippen LogP contribution < -0.4 is 4.90 Å². The van der Waals surface area contributed by atoms with Gasteiger partial charge < -0.3 is 10.2 Å². The average Bonchev–Trinajstić information content (AvgIpc) is 3.03. The van der Waals surface area contributed by atoms with Gasteiger partial charge in [-0.05, 0) is 54.1 Å². The van der Waals surface area contributed by atoms with E-state index < -0.39 is 40.9 Å². The van der Waals surface area contributed by atoms with E-state index in [4.69, 9.17) is 11.6 Å². The third kappa shape index (κ3) is 3.58. The molecule has 5 nitrogen and oxygen atoms in total. The highest BCUT2D eigenvalue weighted by Crippen LogP contribution is 2.43. The van der Waals surface area contributed by atoms with Crippen molar-refractivity contribution in [3.63, 3.8) is 0 Å². The Morgan fingerprint density at radius 3 is 2.22 bits per heavy atom. The molecule has 0 aliphatic carbocycles. The molecule has 4 rings (SSSR count). The first kappa shape index (κ1) is 21.5. The van der Waals surface area contributed by atoms with Crippen LogP contribution in [0.5, 0.6) is 5.75 Å². The van der Waals surface area contributed by atoms with Crippen LogP contribution in [0.4, 0.5) is 18.9 Å². The zero-order valence-electron chi connectivity index (χ0n) is 16.0. The monoisotopic (exact) mass is 459 g/mol. The van der Waals surface area contributed by atoms with Crippen molar-refractivity contribution in [2.24, 2.45) is 0 Å². The number of halogens is 4. The van der Waals surface area contributed by atoms with Gasteiger partial charge in [-0.15, -0.1) is 0 Å². The lowest BCUT2D eigenvalue weighted by Crippen LogP contribution is -2.29. The number of aliphatic hydroxyl groups is 1. The molecule has 0 saturated carbocycles. The minimum Gasteiger partial charge on any atom is -0.507 e. The number of carbonyl (C=O) groups excluding carboxylic acids is 2. The second-order valence-corrected chi connectivity index (χ2v) is 7.39. The molecule has 1 fully saturated rings. The number of aliphatic hydroxyl groups excluding tert-OH is 1. The number of hydrogen-bond donors (Lipinski definition) is 2. The minimum atomic E-state index is -1.29. The molecule has 3 aromatic rings. The third-order valence-electron chi connectivity index (χ3n) is 5.03. The predicted octanol–water partition coefficient (Wildman–Crippen LogP) is 5.09. The minimum absolute atomic E-state index is 0.0598. The van der Waals surface area contributed by atoms with E-state index in [0.717, 1.165) is 35.2 Å². The number of carbonyl (C=O) groups is 2. The average molecular weight is 460 g/mol. The molecule has 162 valence electrons. The Bertz CT molecular complexity index is 1290. The molecule has 0 radical (unpaired) electrons. The van der Waals surface area contributed by atoms with Gasteiger partial charge in [0.2, 0.25) is 0 Å². The summed E-state index contributed by atoms with van der Waals surface area (Å²) in [6, 6.07) is 9.78. The predicted molar refractivity (Wildman–Crippen MR) is 111 cm³/mol. The van der Waals surface area contributed by atoms with E-state index in [2.05, 4.69) is 0 Å². The molecule has 0 spiro atoms. The standard InChI is InChI=1S/C23H13ClF3NO4/c24-15-9-12(3-8-18(15)29)20-19(21(30)11-1-4-13(25)5-2-11)22(31)23(32)28(20)14-6-7-16(26)17(27)10-14/h1-10,20,29-30H/b21-19+. The lowest BCUT2D eigenvalue weighted by molar-refractivity contribution is -0.132. The van der Waals surface area contributed by atoms with Gasteiger partial charge in [0.1, 0.15) is 17.3 Å². The quantitative estimate of drug-likeness (QED) is 0.325. The molecule has 0 bridgehead atoms. The number of Topliss-reactive ketones (excluding diaryl/α,β-unsaturated/α-hetero) is 1. The molecule has 1 atom stereocenters. The first-order valence-electron chi connectivity index (χ1n) is 9.19. The van der Waals surface area contributed by atoms with Crippen LogP contribution in [-0.4, -0.2) is 21.9 Å².